The van der Waals surface area contributed by atoms with Crippen LogP contribution in [0.15, 0.2) is 53.4 Å². The molecule has 0 bridgehead atoms. The normalized spacial score (nSPS) is 19.5. The molecule has 2 aromatic rings. The summed E-state index contributed by atoms with van der Waals surface area (Å²) in [6.45, 7) is 1.19. The van der Waals surface area contributed by atoms with Crippen molar-refractivity contribution in [2.75, 3.05) is 25.5 Å². The SMILES string of the molecule is COc1ccc(C(=O)N2CCC(Nc3ccccc3)C2)cc1S(=O)(=O)NC1CCCC1. The molecule has 0 aromatic heterocycles. The molecule has 7 nitrogen and oxygen atoms in total. The fraction of sp³-hybridized carbons (Fsp3) is 0.435. The second-order valence-electron chi connectivity index (χ2n) is 8.22. The Kier molecular flexibility index (Phi) is 6.48. The number of nitrogens with one attached hydrogen (secondary N) is 2. The number of nitrogens with zero attached hydrogens (tertiary/aromatic N) is 1. The number of ether oxygens (including phenoxy) is 1. The number of hydrogen-bond acceptors (Lipinski definition) is 5. The van der Waals surface area contributed by atoms with Gasteiger partial charge in [-0.05, 0) is 49.6 Å². The van der Waals surface area contributed by atoms with E-state index in [4.69, 9.17) is 4.74 Å². The van der Waals surface area contributed by atoms with Gasteiger partial charge < -0.3 is 15.0 Å². The van der Waals surface area contributed by atoms with Gasteiger partial charge >= 0.3 is 0 Å². The number of amides is 1. The summed E-state index contributed by atoms with van der Waals surface area (Å²) in [5.41, 5.74) is 1.38. The maximum atomic E-state index is 13.1. The zero-order valence-corrected chi connectivity index (χ0v) is 18.5. The van der Waals surface area contributed by atoms with Crippen LogP contribution >= 0.6 is 0 Å². The number of carbonyl (C=O) groups excluding carboxylic acids is 1. The number of carbonyl (C=O) groups is 1. The number of benzene rings is 2. The first kappa shape index (κ1) is 21.6. The molecule has 31 heavy (non-hydrogen) atoms. The lowest BCUT2D eigenvalue weighted by Crippen LogP contribution is -2.34. The molecule has 1 unspecified atom stereocenters. The molecule has 1 aliphatic carbocycles. The summed E-state index contributed by atoms with van der Waals surface area (Å²) in [6, 6.07) is 14.7. The number of rotatable bonds is 7. The monoisotopic (exact) mass is 443 g/mol. The summed E-state index contributed by atoms with van der Waals surface area (Å²) in [5, 5.41) is 3.45. The summed E-state index contributed by atoms with van der Waals surface area (Å²) in [4.78, 5) is 14.9. The van der Waals surface area contributed by atoms with Crippen molar-refractivity contribution in [1.82, 2.24) is 9.62 Å². The predicted molar refractivity (Wildman–Crippen MR) is 120 cm³/mol. The third-order valence-corrected chi connectivity index (χ3v) is 7.54. The van der Waals surface area contributed by atoms with Gasteiger partial charge in [-0.2, -0.15) is 0 Å². The van der Waals surface area contributed by atoms with Crippen molar-refractivity contribution in [3.05, 3.63) is 54.1 Å². The highest BCUT2D eigenvalue weighted by atomic mass is 32.2. The number of para-hydroxylation sites is 1. The molecule has 2 N–H and O–H groups in total. The van der Waals surface area contributed by atoms with Crippen LogP contribution in [0.25, 0.3) is 0 Å². The van der Waals surface area contributed by atoms with Gasteiger partial charge in [-0.3, -0.25) is 4.79 Å². The number of anilines is 1. The van der Waals surface area contributed by atoms with Crippen LogP contribution in [0.1, 0.15) is 42.5 Å². The van der Waals surface area contributed by atoms with E-state index in [1.165, 1.54) is 13.2 Å². The molecular weight excluding hydrogens is 414 g/mol. The minimum absolute atomic E-state index is 0.0194. The number of hydrogen-bond donors (Lipinski definition) is 2. The molecule has 1 saturated heterocycles. The van der Waals surface area contributed by atoms with E-state index in [2.05, 4.69) is 10.0 Å². The molecule has 8 heteroatoms. The molecule has 0 radical (unpaired) electrons. The van der Waals surface area contributed by atoms with E-state index in [0.717, 1.165) is 37.8 Å². The predicted octanol–water partition coefficient (Wildman–Crippen LogP) is 3.24. The van der Waals surface area contributed by atoms with Crippen molar-refractivity contribution in [3.63, 3.8) is 0 Å². The van der Waals surface area contributed by atoms with Crippen molar-refractivity contribution < 1.29 is 17.9 Å². The molecule has 1 heterocycles. The van der Waals surface area contributed by atoms with Gasteiger partial charge in [-0.25, -0.2) is 13.1 Å². The summed E-state index contributed by atoms with van der Waals surface area (Å²) >= 11 is 0. The Labute approximate surface area is 183 Å². The Hall–Kier alpha value is -2.58. The lowest BCUT2D eigenvalue weighted by Gasteiger charge is -2.19. The van der Waals surface area contributed by atoms with Gasteiger partial charge in [0, 0.05) is 36.4 Å². The molecule has 166 valence electrons. The van der Waals surface area contributed by atoms with Gasteiger partial charge in [0.2, 0.25) is 10.0 Å². The molecule has 2 fully saturated rings. The number of sulfonamides is 1. The molecule has 1 saturated carbocycles. The summed E-state index contributed by atoms with van der Waals surface area (Å²) in [5.74, 6) is 0.0735. The minimum Gasteiger partial charge on any atom is -0.495 e. The number of methoxy groups -OCH3 is 1. The Balaban J connectivity index is 1.49. The number of likely N-dealkylation sites (tertiary alicyclic amines) is 1. The highest BCUT2D eigenvalue weighted by Crippen LogP contribution is 2.28. The van der Waals surface area contributed by atoms with E-state index in [9.17, 15) is 13.2 Å². The van der Waals surface area contributed by atoms with Crippen LogP contribution in [-0.4, -0.2) is 51.5 Å². The Morgan fingerprint density at radius 3 is 2.48 bits per heavy atom. The fourth-order valence-electron chi connectivity index (χ4n) is 4.36. The summed E-state index contributed by atoms with van der Waals surface area (Å²) in [7, 11) is -2.34. The van der Waals surface area contributed by atoms with Crippen molar-refractivity contribution in [3.8, 4) is 5.75 Å². The highest BCUT2D eigenvalue weighted by molar-refractivity contribution is 7.89. The highest BCUT2D eigenvalue weighted by Gasteiger charge is 2.30. The molecular formula is C23H29N3O4S. The fourth-order valence-corrected chi connectivity index (χ4v) is 5.86. The summed E-state index contributed by atoms with van der Waals surface area (Å²) < 4.78 is 34.0. The van der Waals surface area contributed by atoms with Gasteiger partial charge in [0.25, 0.3) is 5.91 Å². The maximum absolute atomic E-state index is 13.1. The second kappa shape index (κ2) is 9.28. The Bertz CT molecular complexity index is 1020. The minimum atomic E-state index is -3.78. The molecule has 1 atom stereocenters. The van der Waals surface area contributed by atoms with E-state index in [0.29, 0.717) is 18.7 Å². The van der Waals surface area contributed by atoms with Gasteiger partial charge in [0.05, 0.1) is 7.11 Å². The van der Waals surface area contributed by atoms with Crippen LogP contribution in [0.4, 0.5) is 5.69 Å². The lowest BCUT2D eigenvalue weighted by molar-refractivity contribution is 0.0791. The summed E-state index contributed by atoms with van der Waals surface area (Å²) in [6.07, 6.45) is 4.56. The van der Waals surface area contributed by atoms with Crippen LogP contribution in [0.3, 0.4) is 0 Å². The average molecular weight is 444 g/mol. The zero-order valence-electron chi connectivity index (χ0n) is 17.7. The van der Waals surface area contributed by atoms with Crippen LogP contribution in [0, 0.1) is 0 Å². The van der Waals surface area contributed by atoms with Crippen molar-refractivity contribution in [1.29, 1.82) is 0 Å². The first-order valence-corrected chi connectivity index (χ1v) is 12.3. The van der Waals surface area contributed by atoms with E-state index in [1.807, 2.05) is 30.3 Å². The van der Waals surface area contributed by atoms with Crippen LogP contribution in [-0.2, 0) is 10.0 Å². The zero-order chi connectivity index (χ0) is 21.8. The molecule has 4 rings (SSSR count). The third kappa shape index (κ3) is 5.02. The molecule has 0 spiro atoms. The Morgan fingerprint density at radius 1 is 1.03 bits per heavy atom. The van der Waals surface area contributed by atoms with E-state index < -0.39 is 10.0 Å². The standard InChI is InChI=1S/C23H29N3O4S/c1-30-21-12-11-17(15-22(21)31(28,29)25-19-9-5-6-10-19)23(27)26-14-13-20(16-26)24-18-7-3-2-4-8-18/h2-4,7-8,11-12,15,19-20,24-25H,5-6,9-10,13-14,16H2,1H3. The topological polar surface area (TPSA) is 87.7 Å². The third-order valence-electron chi connectivity index (χ3n) is 6.00. The average Bonchev–Trinajstić information content (AvgIpc) is 3.45. The second-order valence-corrected chi connectivity index (χ2v) is 9.90. The van der Waals surface area contributed by atoms with Gasteiger partial charge in [-0.1, -0.05) is 31.0 Å². The lowest BCUT2D eigenvalue weighted by atomic mass is 10.2. The molecule has 2 aliphatic rings. The van der Waals surface area contributed by atoms with Gasteiger partial charge in [0.15, 0.2) is 0 Å². The Morgan fingerprint density at radius 2 is 1.77 bits per heavy atom. The van der Waals surface area contributed by atoms with Gasteiger partial charge in [-0.15, -0.1) is 0 Å². The van der Waals surface area contributed by atoms with E-state index in [1.54, 1.807) is 17.0 Å². The van der Waals surface area contributed by atoms with Crippen molar-refractivity contribution in [2.24, 2.45) is 0 Å². The van der Waals surface area contributed by atoms with E-state index in [-0.39, 0.29) is 28.6 Å². The largest absolute Gasteiger partial charge is 0.495 e. The van der Waals surface area contributed by atoms with Crippen LogP contribution < -0.4 is 14.8 Å². The first-order valence-electron chi connectivity index (χ1n) is 10.8. The van der Waals surface area contributed by atoms with Crippen molar-refractivity contribution in [2.45, 2.75) is 49.1 Å². The molecule has 1 aliphatic heterocycles. The van der Waals surface area contributed by atoms with Gasteiger partial charge in [0.1, 0.15) is 10.6 Å². The van der Waals surface area contributed by atoms with E-state index >= 15 is 0 Å². The van der Waals surface area contributed by atoms with Crippen LogP contribution in [0.5, 0.6) is 5.75 Å². The first-order chi connectivity index (χ1) is 15.0. The smallest absolute Gasteiger partial charge is 0.253 e. The molecule has 1 amide bonds. The van der Waals surface area contributed by atoms with Crippen molar-refractivity contribution >= 4 is 21.6 Å². The quantitative estimate of drug-likeness (QED) is 0.686. The van der Waals surface area contributed by atoms with Crippen LogP contribution in [0.2, 0.25) is 0 Å². The maximum Gasteiger partial charge on any atom is 0.253 e. The molecule has 2 aromatic carbocycles.